The number of hydrogen-bond donors (Lipinski definition) is 1. The van der Waals surface area contributed by atoms with Gasteiger partial charge in [0.1, 0.15) is 5.69 Å². The highest BCUT2D eigenvalue weighted by Crippen LogP contribution is 2.31. The Morgan fingerprint density at radius 1 is 1.33 bits per heavy atom. The van der Waals surface area contributed by atoms with E-state index in [1.165, 1.54) is 6.07 Å². The van der Waals surface area contributed by atoms with Crippen LogP contribution in [-0.2, 0) is 11.8 Å². The number of nitro benzene ring substituents is 1. The maximum atomic E-state index is 12.7. The highest BCUT2D eigenvalue weighted by Gasteiger charge is 2.29. The molecule has 3 rings (SSSR count). The highest BCUT2D eigenvalue weighted by atomic mass is 16.6. The Balaban J connectivity index is 1.60. The van der Waals surface area contributed by atoms with Crippen molar-refractivity contribution in [2.45, 2.75) is 32.7 Å². The van der Waals surface area contributed by atoms with Crippen molar-refractivity contribution < 1.29 is 9.72 Å². The van der Waals surface area contributed by atoms with Gasteiger partial charge in [0.25, 0.3) is 5.69 Å². The minimum atomic E-state index is -0.355. The number of benzene rings is 1. The van der Waals surface area contributed by atoms with Crippen LogP contribution < -0.4 is 10.2 Å². The van der Waals surface area contributed by atoms with Gasteiger partial charge in [-0.25, -0.2) is 0 Å². The molecule has 0 bridgehead atoms. The van der Waals surface area contributed by atoms with Crippen LogP contribution in [0.25, 0.3) is 0 Å². The summed E-state index contributed by atoms with van der Waals surface area (Å²) >= 11 is 0. The number of anilines is 1. The molecule has 144 valence electrons. The maximum Gasteiger partial charge on any atom is 0.292 e. The van der Waals surface area contributed by atoms with Gasteiger partial charge in [-0.1, -0.05) is 12.1 Å². The first-order valence-corrected chi connectivity index (χ1v) is 9.15. The van der Waals surface area contributed by atoms with Crippen molar-refractivity contribution in [1.29, 1.82) is 0 Å². The molecule has 1 N–H and O–H groups in total. The third-order valence-corrected chi connectivity index (χ3v) is 5.38. The van der Waals surface area contributed by atoms with Crippen molar-refractivity contribution in [2.24, 2.45) is 13.0 Å². The van der Waals surface area contributed by atoms with Crippen molar-refractivity contribution in [3.63, 3.8) is 0 Å². The van der Waals surface area contributed by atoms with E-state index in [1.54, 1.807) is 29.1 Å². The third kappa shape index (κ3) is 3.94. The van der Waals surface area contributed by atoms with Crippen molar-refractivity contribution in [3.05, 3.63) is 51.8 Å². The van der Waals surface area contributed by atoms with Crippen LogP contribution in [0.15, 0.2) is 30.5 Å². The van der Waals surface area contributed by atoms with Crippen molar-refractivity contribution in [2.75, 3.05) is 18.0 Å². The number of rotatable bonds is 5. The van der Waals surface area contributed by atoms with Crippen LogP contribution in [0.2, 0.25) is 0 Å². The molecule has 1 aliphatic rings. The van der Waals surface area contributed by atoms with Crippen molar-refractivity contribution in [1.82, 2.24) is 15.1 Å². The number of para-hydroxylation sites is 2. The van der Waals surface area contributed by atoms with Gasteiger partial charge in [0.15, 0.2) is 0 Å². The fourth-order valence-electron chi connectivity index (χ4n) is 3.62. The molecule has 0 unspecified atom stereocenters. The van der Waals surface area contributed by atoms with Gasteiger partial charge >= 0.3 is 0 Å². The van der Waals surface area contributed by atoms with Gasteiger partial charge in [0.05, 0.1) is 17.2 Å². The number of nitrogens with zero attached hydrogens (tertiary/aromatic N) is 4. The lowest BCUT2D eigenvalue weighted by Crippen LogP contribution is -2.41. The van der Waals surface area contributed by atoms with E-state index in [4.69, 9.17) is 0 Å². The SMILES string of the molecule is Cc1c([C@H](C)NC(=O)C2CCN(c3ccccc3[N+](=O)[O-])CC2)cnn1C. The van der Waals surface area contributed by atoms with E-state index in [1.807, 2.05) is 25.8 Å². The van der Waals surface area contributed by atoms with Gasteiger partial charge < -0.3 is 10.2 Å². The smallest absolute Gasteiger partial charge is 0.292 e. The lowest BCUT2D eigenvalue weighted by atomic mass is 9.94. The molecule has 8 heteroatoms. The normalized spacial score (nSPS) is 16.2. The number of nitro groups is 1. The zero-order valence-corrected chi connectivity index (χ0v) is 15.9. The summed E-state index contributed by atoms with van der Waals surface area (Å²) in [6.07, 6.45) is 3.14. The summed E-state index contributed by atoms with van der Waals surface area (Å²) in [4.78, 5) is 25.5. The van der Waals surface area contributed by atoms with Gasteiger partial charge in [-0.05, 0) is 32.8 Å². The average Bonchev–Trinajstić information content (AvgIpc) is 3.00. The zero-order chi connectivity index (χ0) is 19.6. The van der Waals surface area contributed by atoms with Crippen molar-refractivity contribution in [3.8, 4) is 0 Å². The van der Waals surface area contributed by atoms with E-state index in [0.717, 1.165) is 11.3 Å². The second-order valence-electron chi connectivity index (χ2n) is 7.05. The van der Waals surface area contributed by atoms with Crippen LogP contribution in [-0.4, -0.2) is 33.7 Å². The first-order chi connectivity index (χ1) is 12.9. The fraction of sp³-hybridized carbons (Fsp3) is 0.474. The van der Waals surface area contributed by atoms with E-state index in [0.29, 0.717) is 31.6 Å². The monoisotopic (exact) mass is 371 g/mol. The molecule has 1 fully saturated rings. The van der Waals surface area contributed by atoms with Gasteiger partial charge in [-0.15, -0.1) is 0 Å². The summed E-state index contributed by atoms with van der Waals surface area (Å²) in [6, 6.07) is 6.67. The quantitative estimate of drug-likeness (QED) is 0.644. The molecule has 0 spiro atoms. The van der Waals surface area contributed by atoms with Crippen LogP contribution >= 0.6 is 0 Å². The molecular formula is C19H25N5O3. The van der Waals surface area contributed by atoms with E-state index in [-0.39, 0.29) is 28.5 Å². The molecule has 0 aliphatic carbocycles. The standard InChI is InChI=1S/C19H25N5O3/c1-13(16-12-20-22(3)14(16)2)21-19(25)15-8-10-23(11-9-15)17-6-4-5-7-18(17)24(26)27/h4-7,12-13,15H,8-11H2,1-3H3,(H,21,25)/t13-/m0/s1. The number of aromatic nitrogens is 2. The lowest BCUT2D eigenvalue weighted by Gasteiger charge is -2.33. The number of hydrogen-bond acceptors (Lipinski definition) is 5. The van der Waals surface area contributed by atoms with Gasteiger partial charge in [0, 0.05) is 43.4 Å². The summed E-state index contributed by atoms with van der Waals surface area (Å²) in [7, 11) is 1.88. The first kappa shape index (κ1) is 18.9. The Kier molecular flexibility index (Phi) is 5.43. The van der Waals surface area contributed by atoms with E-state index in [2.05, 4.69) is 10.4 Å². The molecule has 1 atom stereocenters. The minimum Gasteiger partial charge on any atom is -0.366 e. The predicted molar refractivity (Wildman–Crippen MR) is 103 cm³/mol. The topological polar surface area (TPSA) is 93.3 Å². The van der Waals surface area contributed by atoms with E-state index >= 15 is 0 Å². The fourth-order valence-corrected chi connectivity index (χ4v) is 3.62. The van der Waals surface area contributed by atoms with Crippen LogP contribution in [0.4, 0.5) is 11.4 Å². The van der Waals surface area contributed by atoms with Crippen LogP contribution in [0, 0.1) is 23.0 Å². The molecule has 1 aliphatic heterocycles. The van der Waals surface area contributed by atoms with Crippen LogP contribution in [0.5, 0.6) is 0 Å². The number of nitrogens with one attached hydrogen (secondary N) is 1. The Hall–Kier alpha value is -2.90. The Bertz CT molecular complexity index is 840. The van der Waals surface area contributed by atoms with E-state index < -0.39 is 0 Å². The number of aryl methyl sites for hydroxylation is 1. The molecule has 1 aromatic carbocycles. The second kappa shape index (κ2) is 7.77. The molecule has 27 heavy (non-hydrogen) atoms. The van der Waals surface area contributed by atoms with Crippen LogP contribution in [0.3, 0.4) is 0 Å². The molecule has 0 saturated carbocycles. The maximum absolute atomic E-state index is 12.7. The predicted octanol–water partition coefficient (Wildman–Crippen LogP) is 2.73. The Labute approximate surface area is 158 Å². The van der Waals surface area contributed by atoms with Gasteiger partial charge in [-0.2, -0.15) is 5.10 Å². The largest absolute Gasteiger partial charge is 0.366 e. The number of amides is 1. The van der Waals surface area contributed by atoms with Crippen LogP contribution in [0.1, 0.15) is 37.1 Å². The lowest BCUT2D eigenvalue weighted by molar-refractivity contribution is -0.384. The summed E-state index contributed by atoms with van der Waals surface area (Å²) in [5, 5.41) is 18.5. The number of carbonyl (C=O) groups excluding carboxylic acids is 1. The second-order valence-corrected chi connectivity index (χ2v) is 7.05. The molecule has 1 aromatic heterocycles. The molecule has 1 amide bonds. The first-order valence-electron chi connectivity index (χ1n) is 9.15. The van der Waals surface area contributed by atoms with Gasteiger partial charge in [-0.3, -0.25) is 19.6 Å². The average molecular weight is 371 g/mol. The van der Waals surface area contributed by atoms with E-state index in [9.17, 15) is 14.9 Å². The number of carbonyl (C=O) groups is 1. The third-order valence-electron chi connectivity index (χ3n) is 5.38. The summed E-state index contributed by atoms with van der Waals surface area (Å²) in [6.45, 7) is 5.20. The Morgan fingerprint density at radius 3 is 2.59 bits per heavy atom. The highest BCUT2D eigenvalue weighted by molar-refractivity contribution is 5.79. The molecule has 2 aromatic rings. The zero-order valence-electron chi connectivity index (χ0n) is 15.9. The molecule has 1 saturated heterocycles. The minimum absolute atomic E-state index is 0.0352. The summed E-state index contributed by atoms with van der Waals surface area (Å²) < 4.78 is 1.79. The Morgan fingerprint density at radius 2 is 2.00 bits per heavy atom. The summed E-state index contributed by atoms with van der Waals surface area (Å²) in [5.41, 5.74) is 2.79. The van der Waals surface area contributed by atoms with Gasteiger partial charge in [0.2, 0.25) is 5.91 Å². The molecule has 8 nitrogen and oxygen atoms in total. The number of piperidine rings is 1. The van der Waals surface area contributed by atoms with Crippen molar-refractivity contribution >= 4 is 17.3 Å². The summed E-state index contributed by atoms with van der Waals surface area (Å²) in [5.74, 6) is -0.0450. The molecular weight excluding hydrogens is 346 g/mol. The molecule has 0 radical (unpaired) electrons. The molecule has 2 heterocycles.